The number of hydrogen-bond acceptors (Lipinski definition) is 3. The van der Waals surface area contributed by atoms with Crippen molar-refractivity contribution in [1.82, 2.24) is 5.32 Å². The first-order valence-electron chi connectivity index (χ1n) is 7.20. The van der Waals surface area contributed by atoms with Crippen LogP contribution in [-0.2, 0) is 27.8 Å². The summed E-state index contributed by atoms with van der Waals surface area (Å²) in [5, 5.41) is 7.86. The first kappa shape index (κ1) is 17.2. The molecule has 0 radical (unpaired) electrons. The molecular formula is C17H20N2O3S. The Morgan fingerprint density at radius 2 is 1.61 bits per heavy atom. The molecule has 6 heteroatoms. The van der Waals surface area contributed by atoms with Gasteiger partial charge in [-0.3, -0.25) is 4.79 Å². The number of nitrogens with one attached hydrogen (secondary N) is 1. The van der Waals surface area contributed by atoms with E-state index in [1.54, 1.807) is 12.1 Å². The minimum atomic E-state index is -3.69. The number of carbonyl (C=O) groups excluding carboxylic acids is 1. The van der Waals surface area contributed by atoms with Gasteiger partial charge in [0, 0.05) is 6.54 Å². The Balaban J connectivity index is 1.92. The van der Waals surface area contributed by atoms with Crippen LogP contribution < -0.4 is 10.5 Å². The minimum absolute atomic E-state index is 0.0581. The zero-order valence-corrected chi connectivity index (χ0v) is 14.0. The maximum absolute atomic E-state index is 12.0. The summed E-state index contributed by atoms with van der Waals surface area (Å²) in [4.78, 5) is 12.0. The lowest BCUT2D eigenvalue weighted by atomic mass is 10.0. The largest absolute Gasteiger partial charge is 0.352 e. The summed E-state index contributed by atoms with van der Waals surface area (Å²) in [5.74, 6) is -0.0798. The van der Waals surface area contributed by atoms with Crippen molar-refractivity contribution in [3.63, 3.8) is 0 Å². The van der Waals surface area contributed by atoms with Gasteiger partial charge in [-0.15, -0.1) is 0 Å². The molecule has 23 heavy (non-hydrogen) atoms. The van der Waals surface area contributed by atoms with Gasteiger partial charge in [0.05, 0.1) is 11.3 Å². The van der Waals surface area contributed by atoms with Crippen molar-refractivity contribution < 1.29 is 13.2 Å². The molecule has 1 amide bonds. The van der Waals surface area contributed by atoms with Crippen LogP contribution in [0.25, 0.3) is 0 Å². The molecule has 0 spiro atoms. The number of rotatable bonds is 5. The average molecular weight is 332 g/mol. The lowest BCUT2D eigenvalue weighted by Crippen LogP contribution is -2.24. The lowest BCUT2D eigenvalue weighted by Gasteiger charge is -2.08. The number of aryl methyl sites for hydroxylation is 2. The number of amides is 1. The van der Waals surface area contributed by atoms with Gasteiger partial charge in [0.2, 0.25) is 15.9 Å². The quantitative estimate of drug-likeness (QED) is 0.875. The maximum atomic E-state index is 12.0. The Morgan fingerprint density at radius 1 is 1.00 bits per heavy atom. The third-order valence-electron chi connectivity index (χ3n) is 3.68. The standard InChI is InChI=1S/C17H20N2O3S/c1-12-3-4-15(9-13(12)2)10-17(20)19-11-14-5-7-16(8-6-14)23(18,21)22/h3-9H,10-11H2,1-2H3,(H,19,20)(H2,18,21,22). The molecule has 0 aliphatic rings. The van der Waals surface area contributed by atoms with Gasteiger partial charge in [-0.05, 0) is 48.2 Å². The summed E-state index contributed by atoms with van der Waals surface area (Å²) in [6.45, 7) is 4.39. The molecule has 0 aliphatic carbocycles. The van der Waals surface area contributed by atoms with Crippen molar-refractivity contribution in [2.24, 2.45) is 5.14 Å². The molecule has 0 fully saturated rings. The zero-order chi connectivity index (χ0) is 17.0. The maximum Gasteiger partial charge on any atom is 0.238 e. The van der Waals surface area contributed by atoms with Crippen molar-refractivity contribution >= 4 is 15.9 Å². The van der Waals surface area contributed by atoms with Gasteiger partial charge < -0.3 is 5.32 Å². The fourth-order valence-corrected chi connectivity index (χ4v) is 2.67. The van der Waals surface area contributed by atoms with Crippen molar-refractivity contribution in [2.75, 3.05) is 0 Å². The predicted molar refractivity (Wildman–Crippen MR) is 89.3 cm³/mol. The Bertz CT molecular complexity index is 812. The number of benzene rings is 2. The van der Waals surface area contributed by atoms with Crippen LogP contribution in [0.4, 0.5) is 0 Å². The summed E-state index contributed by atoms with van der Waals surface area (Å²) >= 11 is 0. The van der Waals surface area contributed by atoms with Crippen LogP contribution in [0, 0.1) is 13.8 Å². The van der Waals surface area contributed by atoms with Crippen molar-refractivity contribution in [2.45, 2.75) is 31.7 Å². The third kappa shape index (κ3) is 4.91. The van der Waals surface area contributed by atoms with Gasteiger partial charge in [-0.2, -0.15) is 0 Å². The Kier molecular flexibility index (Phi) is 5.18. The molecule has 122 valence electrons. The fraction of sp³-hybridized carbons (Fsp3) is 0.235. The molecule has 2 aromatic carbocycles. The molecule has 3 N–H and O–H groups in total. The number of primary sulfonamides is 1. The highest BCUT2D eigenvalue weighted by Crippen LogP contribution is 2.11. The van der Waals surface area contributed by atoms with Crippen LogP contribution in [0.1, 0.15) is 22.3 Å². The van der Waals surface area contributed by atoms with E-state index in [9.17, 15) is 13.2 Å². The van der Waals surface area contributed by atoms with E-state index in [0.717, 1.165) is 16.7 Å². The minimum Gasteiger partial charge on any atom is -0.352 e. The van der Waals surface area contributed by atoms with Crippen LogP contribution in [0.15, 0.2) is 47.4 Å². The van der Waals surface area contributed by atoms with Crippen LogP contribution >= 0.6 is 0 Å². The van der Waals surface area contributed by atoms with Crippen LogP contribution in [0.3, 0.4) is 0 Å². The molecule has 0 heterocycles. The molecular weight excluding hydrogens is 312 g/mol. The molecule has 0 atom stereocenters. The Morgan fingerprint density at radius 3 is 2.17 bits per heavy atom. The highest BCUT2D eigenvalue weighted by Gasteiger charge is 2.08. The van der Waals surface area contributed by atoms with Crippen LogP contribution in [0.5, 0.6) is 0 Å². The van der Waals surface area contributed by atoms with Gasteiger partial charge in [0.15, 0.2) is 0 Å². The van der Waals surface area contributed by atoms with Crippen molar-refractivity contribution in [1.29, 1.82) is 0 Å². The van der Waals surface area contributed by atoms with Gasteiger partial charge in [-0.25, -0.2) is 13.6 Å². The van der Waals surface area contributed by atoms with Crippen LogP contribution in [0.2, 0.25) is 0 Å². The van der Waals surface area contributed by atoms with E-state index >= 15 is 0 Å². The molecule has 2 rings (SSSR count). The lowest BCUT2D eigenvalue weighted by molar-refractivity contribution is -0.120. The molecule has 0 saturated heterocycles. The SMILES string of the molecule is Cc1ccc(CC(=O)NCc2ccc(S(N)(=O)=O)cc2)cc1C. The first-order chi connectivity index (χ1) is 10.8. The number of nitrogens with two attached hydrogens (primary N) is 1. The van der Waals surface area contributed by atoms with Crippen molar-refractivity contribution in [3.05, 3.63) is 64.7 Å². The monoisotopic (exact) mass is 332 g/mol. The topological polar surface area (TPSA) is 89.3 Å². The number of carbonyl (C=O) groups is 1. The van der Waals surface area contributed by atoms with E-state index in [0.29, 0.717) is 13.0 Å². The first-order valence-corrected chi connectivity index (χ1v) is 8.75. The van der Waals surface area contributed by atoms with E-state index in [1.165, 1.54) is 17.7 Å². The smallest absolute Gasteiger partial charge is 0.238 e. The van der Waals surface area contributed by atoms with Gasteiger partial charge in [-0.1, -0.05) is 30.3 Å². The molecule has 0 aliphatic heterocycles. The summed E-state index contributed by atoms with van der Waals surface area (Å²) in [6, 6.07) is 12.1. The normalized spacial score (nSPS) is 11.3. The van der Waals surface area contributed by atoms with E-state index in [1.807, 2.05) is 32.0 Å². The second kappa shape index (κ2) is 6.93. The third-order valence-corrected chi connectivity index (χ3v) is 4.61. The molecule has 0 saturated carbocycles. The second-order valence-corrected chi connectivity index (χ2v) is 7.12. The van der Waals surface area contributed by atoms with E-state index in [4.69, 9.17) is 5.14 Å². The summed E-state index contributed by atoms with van der Waals surface area (Å²) < 4.78 is 22.3. The van der Waals surface area contributed by atoms with E-state index in [-0.39, 0.29) is 10.8 Å². The Hall–Kier alpha value is -2.18. The molecule has 0 bridgehead atoms. The zero-order valence-electron chi connectivity index (χ0n) is 13.2. The van der Waals surface area contributed by atoms with E-state index < -0.39 is 10.0 Å². The highest BCUT2D eigenvalue weighted by atomic mass is 32.2. The number of hydrogen-bond donors (Lipinski definition) is 2. The predicted octanol–water partition coefficient (Wildman–Crippen LogP) is 1.81. The average Bonchev–Trinajstić information content (AvgIpc) is 2.48. The van der Waals surface area contributed by atoms with Crippen LogP contribution in [-0.4, -0.2) is 14.3 Å². The Labute approximate surface area is 136 Å². The fourth-order valence-electron chi connectivity index (χ4n) is 2.16. The van der Waals surface area contributed by atoms with Gasteiger partial charge in [0.25, 0.3) is 0 Å². The van der Waals surface area contributed by atoms with Gasteiger partial charge >= 0.3 is 0 Å². The summed E-state index contributed by atoms with van der Waals surface area (Å²) in [6.07, 6.45) is 0.316. The molecule has 5 nitrogen and oxygen atoms in total. The summed E-state index contributed by atoms with van der Waals surface area (Å²) in [5.41, 5.74) is 4.14. The summed E-state index contributed by atoms with van der Waals surface area (Å²) in [7, 11) is -3.69. The van der Waals surface area contributed by atoms with Crippen molar-refractivity contribution in [3.8, 4) is 0 Å². The number of sulfonamides is 1. The second-order valence-electron chi connectivity index (χ2n) is 5.56. The molecule has 0 unspecified atom stereocenters. The van der Waals surface area contributed by atoms with E-state index in [2.05, 4.69) is 5.32 Å². The van der Waals surface area contributed by atoms with Gasteiger partial charge in [0.1, 0.15) is 0 Å². The molecule has 0 aromatic heterocycles. The molecule has 2 aromatic rings. The highest BCUT2D eigenvalue weighted by molar-refractivity contribution is 7.89.